The normalized spacial score (nSPS) is 13.9. The molecular weight excluding hydrogens is 380 g/mol. The van der Waals surface area contributed by atoms with Crippen LogP contribution in [0.2, 0.25) is 0 Å². The summed E-state index contributed by atoms with van der Waals surface area (Å²) in [6, 6.07) is 6.85. The standard InChI is InChI=1S/C18H14N8O.ClH/c19-6-15-14(21-8-11-3-4-20-7-11)5-12(9-22-15)24-18-23-10-16-13(26-18)1-2-17(27)25-16;/h1-2,5,7-10,21H,3-4H2,(H,25,27)(H,23,24,26);1H. The first-order valence-corrected chi connectivity index (χ1v) is 8.20. The third-order valence-electron chi connectivity index (χ3n) is 3.92. The van der Waals surface area contributed by atoms with E-state index in [2.05, 4.69) is 41.6 Å². The maximum absolute atomic E-state index is 11.3. The van der Waals surface area contributed by atoms with Crippen molar-refractivity contribution in [2.45, 2.75) is 6.42 Å². The van der Waals surface area contributed by atoms with E-state index in [4.69, 9.17) is 0 Å². The third kappa shape index (κ3) is 4.13. The number of nitrogens with one attached hydrogen (secondary N) is 3. The second kappa shape index (κ2) is 8.28. The van der Waals surface area contributed by atoms with Gasteiger partial charge in [-0.05, 0) is 24.1 Å². The average Bonchev–Trinajstić information content (AvgIpc) is 3.20. The lowest BCUT2D eigenvalue weighted by molar-refractivity contribution is 1.04. The van der Waals surface area contributed by atoms with Crippen LogP contribution in [-0.4, -0.2) is 32.7 Å². The van der Waals surface area contributed by atoms with Crippen LogP contribution in [0.25, 0.3) is 11.0 Å². The van der Waals surface area contributed by atoms with Crippen LogP contribution in [0, 0.1) is 11.3 Å². The van der Waals surface area contributed by atoms with Crippen LogP contribution in [0.4, 0.5) is 17.3 Å². The number of fused-ring (bicyclic) bond motifs is 1. The molecule has 3 aromatic rings. The van der Waals surface area contributed by atoms with Gasteiger partial charge in [-0.2, -0.15) is 5.26 Å². The molecule has 0 aliphatic carbocycles. The van der Waals surface area contributed by atoms with E-state index < -0.39 is 0 Å². The van der Waals surface area contributed by atoms with Gasteiger partial charge in [0.15, 0.2) is 5.69 Å². The molecule has 0 bridgehead atoms. The van der Waals surface area contributed by atoms with Crippen molar-refractivity contribution in [3.63, 3.8) is 0 Å². The minimum Gasteiger partial charge on any atom is -0.359 e. The molecular formula is C18H15ClN8O. The summed E-state index contributed by atoms with van der Waals surface area (Å²) in [4.78, 5) is 30.9. The van der Waals surface area contributed by atoms with Gasteiger partial charge in [0, 0.05) is 25.0 Å². The van der Waals surface area contributed by atoms with Crippen LogP contribution in [0.15, 0.2) is 52.2 Å². The minimum atomic E-state index is -0.208. The second-order valence-electron chi connectivity index (χ2n) is 5.82. The predicted molar refractivity (Wildman–Crippen MR) is 109 cm³/mol. The summed E-state index contributed by atoms with van der Waals surface area (Å²) in [5, 5.41) is 15.4. The molecule has 10 heteroatoms. The Hall–Kier alpha value is -3.77. The number of rotatable bonds is 4. The summed E-state index contributed by atoms with van der Waals surface area (Å²) in [6.45, 7) is 0.781. The highest BCUT2D eigenvalue weighted by molar-refractivity contribution is 5.85. The van der Waals surface area contributed by atoms with E-state index in [1.807, 2.05) is 12.4 Å². The highest BCUT2D eigenvalue weighted by atomic mass is 35.5. The van der Waals surface area contributed by atoms with E-state index in [0.717, 1.165) is 18.5 Å². The lowest BCUT2D eigenvalue weighted by Crippen LogP contribution is -2.05. The van der Waals surface area contributed by atoms with Crippen molar-refractivity contribution in [3.8, 4) is 6.07 Å². The molecule has 0 spiro atoms. The quantitative estimate of drug-likeness (QED) is 0.619. The molecule has 0 aromatic carbocycles. The Labute approximate surface area is 165 Å². The molecule has 0 unspecified atom stereocenters. The van der Waals surface area contributed by atoms with Gasteiger partial charge >= 0.3 is 0 Å². The van der Waals surface area contributed by atoms with E-state index >= 15 is 0 Å². The molecule has 0 fully saturated rings. The largest absolute Gasteiger partial charge is 0.359 e. The van der Waals surface area contributed by atoms with Gasteiger partial charge in [0.05, 0.1) is 34.8 Å². The van der Waals surface area contributed by atoms with Crippen molar-refractivity contribution in [1.82, 2.24) is 19.9 Å². The summed E-state index contributed by atoms with van der Waals surface area (Å²) in [7, 11) is 0. The van der Waals surface area contributed by atoms with E-state index in [0.29, 0.717) is 28.4 Å². The molecule has 1 aliphatic rings. The van der Waals surface area contributed by atoms with Gasteiger partial charge in [0.25, 0.3) is 0 Å². The van der Waals surface area contributed by atoms with Crippen molar-refractivity contribution in [3.05, 3.63) is 58.4 Å². The summed E-state index contributed by atoms with van der Waals surface area (Å²) in [5.41, 5.74) is 3.49. The monoisotopic (exact) mass is 394 g/mol. The highest BCUT2D eigenvalue weighted by Gasteiger charge is 2.08. The van der Waals surface area contributed by atoms with E-state index in [-0.39, 0.29) is 23.7 Å². The van der Waals surface area contributed by atoms with Crippen LogP contribution < -0.4 is 16.2 Å². The Morgan fingerprint density at radius 3 is 2.93 bits per heavy atom. The highest BCUT2D eigenvalue weighted by Crippen LogP contribution is 2.21. The Kier molecular flexibility index (Phi) is 5.62. The zero-order valence-electron chi connectivity index (χ0n) is 14.5. The van der Waals surface area contributed by atoms with Crippen molar-refractivity contribution >= 4 is 47.0 Å². The maximum Gasteiger partial charge on any atom is 0.248 e. The summed E-state index contributed by atoms with van der Waals surface area (Å²) in [5.74, 6) is 0.355. The molecule has 0 saturated carbocycles. The number of aliphatic imine (C=N–C) groups is 1. The average molecular weight is 395 g/mol. The lowest BCUT2D eigenvalue weighted by Gasteiger charge is -2.09. The summed E-state index contributed by atoms with van der Waals surface area (Å²) < 4.78 is 0. The smallest absolute Gasteiger partial charge is 0.248 e. The van der Waals surface area contributed by atoms with Crippen LogP contribution in [0.3, 0.4) is 0 Å². The number of nitrogens with zero attached hydrogens (tertiary/aromatic N) is 5. The molecule has 3 aromatic heterocycles. The van der Waals surface area contributed by atoms with Gasteiger partial charge in [-0.25, -0.2) is 15.0 Å². The summed E-state index contributed by atoms with van der Waals surface area (Å²) >= 11 is 0. The number of anilines is 3. The number of H-pyrrole nitrogens is 1. The molecule has 4 rings (SSSR count). The molecule has 28 heavy (non-hydrogen) atoms. The first-order valence-electron chi connectivity index (χ1n) is 8.20. The molecule has 4 heterocycles. The van der Waals surface area contributed by atoms with Crippen LogP contribution >= 0.6 is 12.4 Å². The van der Waals surface area contributed by atoms with Crippen molar-refractivity contribution in [1.29, 1.82) is 5.26 Å². The number of aromatic nitrogens is 4. The summed E-state index contributed by atoms with van der Waals surface area (Å²) in [6.07, 6.45) is 7.57. The molecule has 0 saturated heterocycles. The molecule has 140 valence electrons. The van der Waals surface area contributed by atoms with Crippen LogP contribution in [-0.2, 0) is 0 Å². The van der Waals surface area contributed by atoms with E-state index in [1.54, 1.807) is 12.1 Å². The van der Waals surface area contributed by atoms with Crippen LogP contribution in [0.1, 0.15) is 12.1 Å². The number of hydrogen-bond donors (Lipinski definition) is 3. The lowest BCUT2D eigenvalue weighted by atomic mass is 10.2. The first-order chi connectivity index (χ1) is 13.2. The molecule has 0 radical (unpaired) electrons. The molecule has 3 N–H and O–H groups in total. The number of aromatic amines is 1. The Morgan fingerprint density at radius 1 is 1.25 bits per heavy atom. The minimum absolute atomic E-state index is 0. The van der Waals surface area contributed by atoms with Crippen molar-refractivity contribution < 1.29 is 0 Å². The second-order valence-corrected chi connectivity index (χ2v) is 5.82. The zero-order valence-corrected chi connectivity index (χ0v) is 15.3. The van der Waals surface area contributed by atoms with Crippen LogP contribution in [0.5, 0.6) is 0 Å². The third-order valence-corrected chi connectivity index (χ3v) is 3.92. The van der Waals surface area contributed by atoms with Gasteiger partial charge in [0.1, 0.15) is 6.07 Å². The van der Waals surface area contributed by atoms with Gasteiger partial charge in [-0.1, -0.05) is 0 Å². The fourth-order valence-electron chi connectivity index (χ4n) is 2.59. The predicted octanol–water partition coefficient (Wildman–Crippen LogP) is 2.52. The SMILES string of the molecule is Cl.N#Cc1ncc(Nc2ncc3[nH]c(=O)ccc3n2)cc1NC=C1C=NCC1. The Morgan fingerprint density at radius 2 is 2.14 bits per heavy atom. The van der Waals surface area contributed by atoms with Gasteiger partial charge in [-0.3, -0.25) is 9.79 Å². The molecule has 0 atom stereocenters. The maximum atomic E-state index is 11.3. The van der Waals surface area contributed by atoms with Crippen molar-refractivity contribution in [2.24, 2.45) is 4.99 Å². The number of hydrogen-bond acceptors (Lipinski definition) is 8. The van der Waals surface area contributed by atoms with E-state index in [1.165, 1.54) is 18.5 Å². The van der Waals surface area contributed by atoms with Gasteiger partial charge in [-0.15, -0.1) is 12.4 Å². The topological polar surface area (TPSA) is 132 Å². The molecule has 0 amide bonds. The van der Waals surface area contributed by atoms with Gasteiger partial charge in [0.2, 0.25) is 11.5 Å². The zero-order chi connectivity index (χ0) is 18.6. The molecule has 9 nitrogen and oxygen atoms in total. The molecule has 1 aliphatic heterocycles. The first kappa shape index (κ1) is 19.0. The number of halogens is 1. The van der Waals surface area contributed by atoms with Crippen molar-refractivity contribution in [2.75, 3.05) is 17.2 Å². The number of nitriles is 1. The Bertz CT molecular complexity index is 1180. The van der Waals surface area contributed by atoms with E-state index in [9.17, 15) is 10.1 Å². The fourth-order valence-corrected chi connectivity index (χ4v) is 2.59. The Balaban J connectivity index is 0.00000225. The fraction of sp³-hybridized carbons (Fsp3) is 0.111. The number of pyridine rings is 2. The van der Waals surface area contributed by atoms with Gasteiger partial charge < -0.3 is 15.6 Å².